The largest absolute Gasteiger partial charge is 0.493 e. The van der Waals surface area contributed by atoms with Gasteiger partial charge in [0.1, 0.15) is 4.83 Å². The molecule has 184 valence electrons. The summed E-state index contributed by atoms with van der Waals surface area (Å²) in [6.07, 6.45) is 7.72. The van der Waals surface area contributed by atoms with Crippen molar-refractivity contribution < 1.29 is 14.3 Å². The van der Waals surface area contributed by atoms with Crippen LogP contribution in [0.25, 0.3) is 16.3 Å². The number of anilines is 1. The lowest BCUT2D eigenvalue weighted by molar-refractivity contribution is -0.126. The molecule has 0 saturated carbocycles. The second-order valence-electron chi connectivity index (χ2n) is 8.93. The highest BCUT2D eigenvalue weighted by Gasteiger charge is 2.26. The van der Waals surface area contributed by atoms with Crippen LogP contribution < -0.4 is 19.9 Å². The first-order valence-electron chi connectivity index (χ1n) is 12.0. The Morgan fingerprint density at radius 1 is 1.06 bits per heavy atom. The van der Waals surface area contributed by atoms with Crippen LogP contribution in [0.1, 0.15) is 28.8 Å². The van der Waals surface area contributed by atoms with Crippen molar-refractivity contribution in [2.24, 2.45) is 7.05 Å². The van der Waals surface area contributed by atoms with Crippen LogP contribution >= 0.6 is 11.3 Å². The Bertz CT molecular complexity index is 1350. The lowest BCUT2D eigenvalue weighted by atomic mass is 9.97. The van der Waals surface area contributed by atoms with Crippen molar-refractivity contribution in [3.8, 4) is 11.5 Å². The molecule has 0 atom stereocenters. The minimum absolute atomic E-state index is 0.0392. The van der Waals surface area contributed by atoms with E-state index < -0.39 is 0 Å². The van der Waals surface area contributed by atoms with E-state index in [2.05, 4.69) is 4.90 Å². The third-order valence-corrected chi connectivity index (χ3v) is 8.06. The van der Waals surface area contributed by atoms with Crippen LogP contribution in [0.5, 0.6) is 11.5 Å². The van der Waals surface area contributed by atoms with Crippen molar-refractivity contribution in [3.05, 3.63) is 50.6 Å². The highest BCUT2D eigenvalue weighted by molar-refractivity contribution is 7.18. The molecule has 2 aromatic heterocycles. The normalized spacial score (nSPS) is 16.1. The molecule has 2 aliphatic rings. The Hall–Kier alpha value is -3.33. The van der Waals surface area contributed by atoms with Crippen molar-refractivity contribution in [2.45, 2.75) is 25.7 Å². The zero-order valence-corrected chi connectivity index (χ0v) is 21.2. The van der Waals surface area contributed by atoms with Crippen LogP contribution in [0.3, 0.4) is 0 Å². The van der Waals surface area contributed by atoms with E-state index in [4.69, 9.17) is 14.5 Å². The molecule has 0 N–H and O–H groups in total. The van der Waals surface area contributed by atoms with Gasteiger partial charge in [-0.25, -0.2) is 4.98 Å². The Morgan fingerprint density at radius 3 is 2.54 bits per heavy atom. The summed E-state index contributed by atoms with van der Waals surface area (Å²) in [5.74, 6) is 1.92. The van der Waals surface area contributed by atoms with E-state index in [1.165, 1.54) is 16.9 Å². The minimum Gasteiger partial charge on any atom is -0.493 e. The summed E-state index contributed by atoms with van der Waals surface area (Å²) in [5.41, 5.74) is 2.12. The number of piperazine rings is 1. The maximum absolute atomic E-state index is 13.2. The molecule has 1 fully saturated rings. The van der Waals surface area contributed by atoms with Gasteiger partial charge in [0.2, 0.25) is 11.9 Å². The smallest absolute Gasteiger partial charge is 0.263 e. The van der Waals surface area contributed by atoms with Gasteiger partial charge in [-0.15, -0.1) is 11.3 Å². The van der Waals surface area contributed by atoms with Crippen LogP contribution in [0.2, 0.25) is 0 Å². The van der Waals surface area contributed by atoms with Crippen LogP contribution in [-0.2, 0) is 24.7 Å². The Labute approximate surface area is 208 Å². The molecule has 1 amide bonds. The van der Waals surface area contributed by atoms with Gasteiger partial charge in [-0.3, -0.25) is 14.2 Å². The van der Waals surface area contributed by atoms with Crippen molar-refractivity contribution in [1.82, 2.24) is 14.5 Å². The number of carbonyl (C=O) groups is 1. The van der Waals surface area contributed by atoms with Crippen LogP contribution in [0, 0.1) is 0 Å². The molecule has 1 saturated heterocycles. The zero-order valence-electron chi connectivity index (χ0n) is 20.4. The molecule has 1 aliphatic carbocycles. The van der Waals surface area contributed by atoms with Gasteiger partial charge in [-0.05, 0) is 55.0 Å². The molecule has 3 heterocycles. The fourth-order valence-corrected chi connectivity index (χ4v) is 6.16. The maximum atomic E-state index is 13.2. The third kappa shape index (κ3) is 4.40. The average molecular weight is 495 g/mol. The van der Waals surface area contributed by atoms with E-state index in [1.54, 1.807) is 49.3 Å². The van der Waals surface area contributed by atoms with Crippen LogP contribution in [-0.4, -0.2) is 60.8 Å². The Morgan fingerprint density at radius 2 is 1.80 bits per heavy atom. The Balaban J connectivity index is 1.28. The highest BCUT2D eigenvalue weighted by Crippen LogP contribution is 2.34. The van der Waals surface area contributed by atoms with Gasteiger partial charge in [0.05, 0.1) is 19.6 Å². The number of thiophene rings is 1. The first-order valence-corrected chi connectivity index (χ1v) is 12.8. The van der Waals surface area contributed by atoms with Gasteiger partial charge in [0, 0.05) is 44.2 Å². The predicted molar refractivity (Wildman–Crippen MR) is 139 cm³/mol. The van der Waals surface area contributed by atoms with E-state index in [9.17, 15) is 9.59 Å². The predicted octanol–water partition coefficient (Wildman–Crippen LogP) is 3.25. The number of carbonyl (C=O) groups excluding carboxylic acids is 1. The number of methoxy groups -OCH3 is 2. The number of nitrogens with zero attached hydrogens (tertiary/aromatic N) is 4. The monoisotopic (exact) mass is 494 g/mol. The fourth-order valence-electron chi connectivity index (χ4n) is 4.91. The van der Waals surface area contributed by atoms with Crippen molar-refractivity contribution in [3.63, 3.8) is 0 Å². The first-order chi connectivity index (χ1) is 17.0. The summed E-state index contributed by atoms with van der Waals surface area (Å²) in [7, 11) is 4.99. The first kappa shape index (κ1) is 23.4. The molecule has 8 nitrogen and oxygen atoms in total. The number of benzene rings is 1. The molecule has 0 bridgehead atoms. The van der Waals surface area contributed by atoms with Crippen LogP contribution in [0.4, 0.5) is 5.95 Å². The number of amides is 1. The van der Waals surface area contributed by atoms with Gasteiger partial charge in [-0.2, -0.15) is 0 Å². The van der Waals surface area contributed by atoms with Gasteiger partial charge >= 0.3 is 0 Å². The summed E-state index contributed by atoms with van der Waals surface area (Å²) < 4.78 is 12.3. The van der Waals surface area contributed by atoms with Crippen LogP contribution in [0.15, 0.2) is 29.1 Å². The molecular weight excluding hydrogens is 464 g/mol. The number of hydrogen-bond acceptors (Lipinski definition) is 7. The van der Waals surface area contributed by atoms with Crippen molar-refractivity contribution >= 4 is 39.5 Å². The lowest BCUT2D eigenvalue weighted by Crippen LogP contribution is -2.49. The SMILES string of the molecule is COc1ccc(/C=C/C(=O)N2CCN(c3nc4sc5c(c4c(=O)n3C)CCCC5)CC2)cc1OC. The summed E-state index contributed by atoms with van der Waals surface area (Å²) in [4.78, 5) is 37.0. The number of hydrogen-bond donors (Lipinski definition) is 0. The molecule has 0 unspecified atom stereocenters. The molecule has 1 aliphatic heterocycles. The average Bonchev–Trinajstić information content (AvgIpc) is 3.27. The second kappa shape index (κ2) is 9.73. The van der Waals surface area contributed by atoms with E-state index in [0.717, 1.165) is 35.0 Å². The van der Waals surface area contributed by atoms with Gasteiger partial charge in [0.25, 0.3) is 5.56 Å². The molecule has 9 heteroatoms. The standard InChI is InChI=1S/C26H30N4O4S/c1-28-25(32)23-18-6-4-5-7-21(18)35-24(23)27-26(28)30-14-12-29(13-15-30)22(31)11-9-17-8-10-19(33-2)20(16-17)34-3/h8-11,16H,4-7,12-15H2,1-3H3/b11-9+. The zero-order chi connectivity index (χ0) is 24.5. The summed E-state index contributed by atoms with van der Waals surface area (Å²) >= 11 is 1.67. The molecule has 35 heavy (non-hydrogen) atoms. The number of aryl methyl sites for hydroxylation is 2. The molecule has 1 aromatic carbocycles. The quantitative estimate of drug-likeness (QED) is 0.507. The summed E-state index contributed by atoms with van der Waals surface area (Å²) in [6, 6.07) is 5.54. The number of ether oxygens (including phenoxy) is 2. The highest BCUT2D eigenvalue weighted by atomic mass is 32.1. The van der Waals surface area contributed by atoms with Gasteiger partial charge < -0.3 is 19.3 Å². The molecule has 3 aromatic rings. The Kier molecular flexibility index (Phi) is 6.51. The topological polar surface area (TPSA) is 76.9 Å². The molecule has 5 rings (SSSR count). The second-order valence-corrected chi connectivity index (χ2v) is 10.0. The molecule has 0 radical (unpaired) electrons. The number of aromatic nitrogens is 2. The molecular formula is C26H30N4O4S. The minimum atomic E-state index is -0.0392. The van der Waals surface area contributed by atoms with Crippen molar-refractivity contribution in [1.29, 1.82) is 0 Å². The summed E-state index contributed by atoms with van der Waals surface area (Å²) in [6.45, 7) is 2.41. The number of rotatable bonds is 5. The molecule has 0 spiro atoms. The van der Waals surface area contributed by atoms with E-state index in [-0.39, 0.29) is 11.5 Å². The van der Waals surface area contributed by atoms with Gasteiger partial charge in [0.15, 0.2) is 11.5 Å². The maximum Gasteiger partial charge on any atom is 0.263 e. The van der Waals surface area contributed by atoms with E-state index in [1.807, 2.05) is 23.1 Å². The van der Waals surface area contributed by atoms with Gasteiger partial charge in [-0.1, -0.05) is 6.07 Å². The fraction of sp³-hybridized carbons (Fsp3) is 0.423. The number of fused-ring (bicyclic) bond motifs is 3. The van der Waals surface area contributed by atoms with E-state index in [0.29, 0.717) is 43.6 Å². The summed E-state index contributed by atoms with van der Waals surface area (Å²) in [5, 5.41) is 0.810. The third-order valence-electron chi connectivity index (χ3n) is 6.87. The van der Waals surface area contributed by atoms with E-state index >= 15 is 0 Å². The lowest BCUT2D eigenvalue weighted by Gasteiger charge is -2.35. The van der Waals surface area contributed by atoms with Crippen molar-refractivity contribution in [2.75, 3.05) is 45.3 Å².